The number of hydrogen-bond donors (Lipinski definition) is 1. The molecule has 0 spiro atoms. The lowest BCUT2D eigenvalue weighted by Gasteiger charge is -2.24. The average molecular weight is 231 g/mol. The van der Waals surface area contributed by atoms with E-state index in [1.54, 1.807) is 0 Å². The van der Waals surface area contributed by atoms with E-state index in [4.69, 9.17) is 0 Å². The maximum atomic E-state index is 11.2. The van der Waals surface area contributed by atoms with Crippen molar-refractivity contribution in [3.05, 3.63) is 0 Å². The largest absolute Gasteiger partial charge is 0.427 e. The molecule has 0 aromatic heterocycles. The predicted molar refractivity (Wildman–Crippen MR) is 44.5 cm³/mol. The fourth-order valence-corrected chi connectivity index (χ4v) is 1.42. The van der Waals surface area contributed by atoms with Gasteiger partial charge in [0.1, 0.15) is 0 Å². The van der Waals surface area contributed by atoms with Crippen LogP contribution in [0, 0.1) is 0 Å². The summed E-state index contributed by atoms with van der Waals surface area (Å²) in [6.07, 6.45) is -3.39. The maximum Gasteiger partial charge on any atom is 0.323 e. The third kappa shape index (κ3) is 2.28. The van der Waals surface area contributed by atoms with Gasteiger partial charge in [-0.1, -0.05) is 0 Å². The number of esters is 3. The van der Waals surface area contributed by atoms with Gasteiger partial charge in [-0.15, -0.1) is 0 Å². The molecule has 3 heterocycles. The van der Waals surface area contributed by atoms with Crippen molar-refractivity contribution < 1.29 is 33.7 Å². The average Bonchev–Trinajstić information content (AvgIpc) is 2.18. The van der Waals surface area contributed by atoms with E-state index in [0.29, 0.717) is 0 Å². The maximum absolute atomic E-state index is 11.2. The van der Waals surface area contributed by atoms with Crippen molar-refractivity contribution >= 4 is 17.9 Å². The Bertz CT molecular complexity index is 319. The molecular formula is C8H9NO7. The second kappa shape index (κ2) is 4.06. The number of ether oxygens (including phenoxy) is 3. The van der Waals surface area contributed by atoms with Gasteiger partial charge in [-0.3, -0.25) is 19.3 Å². The van der Waals surface area contributed by atoms with Crippen molar-refractivity contribution in [3.8, 4) is 0 Å². The van der Waals surface area contributed by atoms with Gasteiger partial charge in [0.25, 0.3) is 6.29 Å². The molecule has 0 saturated carbocycles. The zero-order valence-corrected chi connectivity index (χ0v) is 8.12. The quantitative estimate of drug-likeness (QED) is 0.460. The van der Waals surface area contributed by atoms with Crippen LogP contribution in [-0.4, -0.2) is 60.1 Å². The van der Waals surface area contributed by atoms with Gasteiger partial charge in [0.15, 0.2) is 0 Å². The van der Waals surface area contributed by atoms with E-state index in [9.17, 15) is 19.5 Å². The van der Waals surface area contributed by atoms with Crippen LogP contribution in [-0.2, 0) is 28.6 Å². The van der Waals surface area contributed by atoms with E-state index in [0.717, 1.165) is 0 Å². The number of carbonyl (C=O) groups is 3. The molecule has 3 saturated heterocycles. The fraction of sp³-hybridized carbons (Fsp3) is 0.625. The van der Waals surface area contributed by atoms with Crippen LogP contribution in [0.25, 0.3) is 0 Å². The fourth-order valence-electron chi connectivity index (χ4n) is 1.42. The first-order valence-corrected chi connectivity index (χ1v) is 4.53. The van der Waals surface area contributed by atoms with E-state index >= 15 is 0 Å². The van der Waals surface area contributed by atoms with Gasteiger partial charge in [-0.25, -0.2) is 0 Å². The summed E-state index contributed by atoms with van der Waals surface area (Å²) in [7, 11) is 0. The molecule has 1 N–H and O–H groups in total. The minimum absolute atomic E-state index is 0.229. The Labute approximate surface area is 89.7 Å². The van der Waals surface area contributed by atoms with Crippen LogP contribution in [0.3, 0.4) is 0 Å². The molecule has 0 amide bonds. The first-order valence-electron chi connectivity index (χ1n) is 4.53. The van der Waals surface area contributed by atoms with Crippen molar-refractivity contribution in [3.63, 3.8) is 0 Å². The molecule has 0 radical (unpaired) electrons. The van der Waals surface area contributed by atoms with E-state index in [1.807, 2.05) is 0 Å². The smallest absolute Gasteiger partial charge is 0.323 e. The van der Waals surface area contributed by atoms with Gasteiger partial charge in [0.05, 0.1) is 19.6 Å². The van der Waals surface area contributed by atoms with Crippen LogP contribution in [0.5, 0.6) is 0 Å². The Kier molecular flexibility index (Phi) is 2.75. The highest BCUT2D eigenvalue weighted by Gasteiger charge is 2.37. The molecular weight excluding hydrogens is 222 g/mol. The van der Waals surface area contributed by atoms with Crippen LogP contribution in [0.1, 0.15) is 0 Å². The van der Waals surface area contributed by atoms with Crippen LogP contribution in [0.2, 0.25) is 0 Å². The Balaban J connectivity index is 2.28. The van der Waals surface area contributed by atoms with Gasteiger partial charge < -0.3 is 19.3 Å². The van der Waals surface area contributed by atoms with Crippen LogP contribution >= 0.6 is 0 Å². The Morgan fingerprint density at radius 3 is 1.88 bits per heavy atom. The minimum Gasteiger partial charge on any atom is -0.427 e. The van der Waals surface area contributed by atoms with Crippen LogP contribution < -0.4 is 0 Å². The van der Waals surface area contributed by atoms with Crippen molar-refractivity contribution in [1.29, 1.82) is 0 Å². The van der Waals surface area contributed by atoms with Crippen molar-refractivity contribution in [2.24, 2.45) is 0 Å². The zero-order valence-electron chi connectivity index (χ0n) is 8.12. The lowest BCUT2D eigenvalue weighted by molar-refractivity contribution is -0.250. The van der Waals surface area contributed by atoms with Crippen molar-refractivity contribution in [1.82, 2.24) is 4.90 Å². The summed E-state index contributed by atoms with van der Waals surface area (Å²) in [6.45, 7) is -0.741. The van der Waals surface area contributed by atoms with Crippen LogP contribution in [0.4, 0.5) is 0 Å². The van der Waals surface area contributed by atoms with Gasteiger partial charge in [-0.05, 0) is 0 Å². The molecule has 8 heteroatoms. The summed E-state index contributed by atoms with van der Waals surface area (Å²) in [5.74, 6) is -2.15. The summed E-state index contributed by atoms with van der Waals surface area (Å²) in [5, 5.41) is 9.34. The highest BCUT2D eigenvalue weighted by atomic mass is 16.8. The molecule has 3 fully saturated rings. The third-order valence-corrected chi connectivity index (χ3v) is 2.04. The van der Waals surface area contributed by atoms with Gasteiger partial charge in [-0.2, -0.15) is 0 Å². The zero-order chi connectivity index (χ0) is 11.7. The molecule has 3 aliphatic rings. The van der Waals surface area contributed by atoms with E-state index in [1.165, 1.54) is 4.90 Å². The summed E-state index contributed by atoms with van der Waals surface area (Å²) < 4.78 is 13.7. The molecule has 0 aromatic carbocycles. The summed E-state index contributed by atoms with van der Waals surface area (Å²) >= 11 is 0. The van der Waals surface area contributed by atoms with Crippen molar-refractivity contribution in [2.45, 2.75) is 12.6 Å². The molecule has 88 valence electrons. The molecule has 0 aromatic rings. The molecule has 8 nitrogen and oxygen atoms in total. The van der Waals surface area contributed by atoms with Gasteiger partial charge in [0.2, 0.25) is 0 Å². The lowest BCUT2D eigenvalue weighted by Crippen LogP contribution is -2.44. The van der Waals surface area contributed by atoms with Crippen molar-refractivity contribution in [2.75, 3.05) is 19.6 Å². The number of rotatable bonds is 0. The number of hydrogen-bond acceptors (Lipinski definition) is 8. The highest BCUT2D eigenvalue weighted by Crippen LogP contribution is 2.12. The Hall–Kier alpha value is -1.67. The Morgan fingerprint density at radius 2 is 1.38 bits per heavy atom. The molecule has 0 aliphatic carbocycles. The SMILES string of the molecule is O=C1CN2CC(=O)OC(OC(=O)C2)C(O)O1. The molecule has 16 heavy (non-hydrogen) atoms. The Morgan fingerprint density at radius 1 is 0.938 bits per heavy atom. The monoisotopic (exact) mass is 231 g/mol. The first kappa shape index (κ1) is 10.8. The molecule has 2 bridgehead atoms. The molecule has 1 atom stereocenters. The van der Waals surface area contributed by atoms with E-state index in [-0.39, 0.29) is 19.6 Å². The summed E-state index contributed by atoms with van der Waals surface area (Å²) in [6, 6.07) is 0. The second-order valence-electron chi connectivity index (χ2n) is 3.37. The minimum atomic E-state index is -1.79. The second-order valence-corrected chi connectivity index (χ2v) is 3.37. The van der Waals surface area contributed by atoms with Crippen LogP contribution in [0.15, 0.2) is 0 Å². The summed E-state index contributed by atoms with van der Waals surface area (Å²) in [4.78, 5) is 34.9. The number of nitrogens with zero attached hydrogens (tertiary/aromatic N) is 1. The topological polar surface area (TPSA) is 102 Å². The number of fused-ring (bicyclic) bond motifs is 7. The lowest BCUT2D eigenvalue weighted by atomic mass is 10.4. The predicted octanol–water partition coefficient (Wildman–Crippen LogP) is -2.41. The molecule has 3 aliphatic heterocycles. The third-order valence-electron chi connectivity index (χ3n) is 2.04. The highest BCUT2D eigenvalue weighted by molar-refractivity contribution is 5.80. The number of aliphatic hydroxyl groups excluding tert-OH is 1. The van der Waals surface area contributed by atoms with Gasteiger partial charge >= 0.3 is 24.2 Å². The standard InChI is InChI=1S/C8H9NO7/c10-4-1-9-2-5(11)15-8(7(13)14-4)16-6(12)3-9/h7-8,13H,1-3H2. The molecule has 3 rings (SSSR count). The van der Waals surface area contributed by atoms with Gasteiger partial charge in [0, 0.05) is 0 Å². The number of carbonyl (C=O) groups excluding carboxylic acids is 3. The summed E-state index contributed by atoms with van der Waals surface area (Å²) in [5.41, 5.74) is 0. The van der Waals surface area contributed by atoms with E-state index in [2.05, 4.69) is 14.2 Å². The normalized spacial score (nSPS) is 35.1. The van der Waals surface area contributed by atoms with E-state index < -0.39 is 30.5 Å². The first-order chi connectivity index (χ1) is 7.54. The number of aliphatic hydroxyl groups is 1. The molecule has 1 unspecified atom stereocenters.